The summed E-state index contributed by atoms with van der Waals surface area (Å²) in [6, 6.07) is 8.24. The fourth-order valence-corrected chi connectivity index (χ4v) is 2.17. The Labute approximate surface area is 102 Å². The monoisotopic (exact) mass is 233 g/mol. The van der Waals surface area contributed by atoms with Crippen LogP contribution >= 0.6 is 0 Å². The molecule has 0 saturated heterocycles. The molecule has 1 aliphatic rings. The third-order valence-corrected chi connectivity index (χ3v) is 3.58. The smallest absolute Gasteiger partial charge is 0.172 e. The molecule has 1 aliphatic carbocycles. The Morgan fingerprint density at radius 2 is 2.12 bits per heavy atom. The summed E-state index contributed by atoms with van der Waals surface area (Å²) in [6.07, 6.45) is 2.61. The van der Waals surface area contributed by atoms with E-state index in [1.54, 1.807) is 0 Å². The average Bonchev–Trinajstić information content (AvgIpc) is 3.20. The van der Waals surface area contributed by atoms with Crippen LogP contribution in [0.1, 0.15) is 25.3 Å². The Hall–Kier alpha value is -1.71. The van der Waals surface area contributed by atoms with Gasteiger partial charge >= 0.3 is 0 Å². The number of hydrogen-bond acceptors (Lipinski definition) is 3. The summed E-state index contributed by atoms with van der Waals surface area (Å²) in [5.41, 5.74) is 7.50. The third-order valence-electron chi connectivity index (χ3n) is 3.58. The fraction of sp³-hybridized carbons (Fsp3) is 0.462. The third kappa shape index (κ3) is 2.35. The van der Waals surface area contributed by atoms with Gasteiger partial charge in [-0.1, -0.05) is 17.3 Å². The molecule has 1 fully saturated rings. The van der Waals surface area contributed by atoms with E-state index in [2.05, 4.69) is 24.0 Å². The van der Waals surface area contributed by atoms with Gasteiger partial charge in [-0.3, -0.25) is 0 Å². The topological polar surface area (TPSA) is 61.8 Å². The first-order chi connectivity index (χ1) is 8.15. The highest BCUT2D eigenvalue weighted by Gasteiger charge is 2.31. The van der Waals surface area contributed by atoms with Crippen molar-refractivity contribution < 1.29 is 5.21 Å². The van der Waals surface area contributed by atoms with Gasteiger partial charge < -0.3 is 15.8 Å². The number of para-hydroxylation sites is 1. The molecule has 4 heteroatoms. The van der Waals surface area contributed by atoms with Crippen molar-refractivity contribution >= 4 is 11.5 Å². The quantitative estimate of drug-likeness (QED) is 0.362. The van der Waals surface area contributed by atoms with Crippen molar-refractivity contribution in [3.63, 3.8) is 0 Å². The van der Waals surface area contributed by atoms with Gasteiger partial charge in [0.15, 0.2) is 5.84 Å². The number of anilines is 1. The largest absolute Gasteiger partial charge is 0.409 e. The van der Waals surface area contributed by atoms with Gasteiger partial charge in [-0.05, 0) is 37.8 Å². The van der Waals surface area contributed by atoms with Crippen molar-refractivity contribution in [2.45, 2.75) is 25.8 Å². The maximum Gasteiger partial charge on any atom is 0.172 e. The van der Waals surface area contributed by atoms with E-state index < -0.39 is 0 Å². The summed E-state index contributed by atoms with van der Waals surface area (Å²) in [5.74, 6) is 0.941. The molecule has 1 atom stereocenters. The van der Waals surface area contributed by atoms with Crippen molar-refractivity contribution in [1.82, 2.24) is 0 Å². The van der Waals surface area contributed by atoms with Crippen LogP contribution in [0.4, 0.5) is 5.69 Å². The molecule has 0 amide bonds. The van der Waals surface area contributed by atoms with Crippen molar-refractivity contribution in [1.29, 1.82) is 0 Å². The van der Waals surface area contributed by atoms with Crippen LogP contribution in [0, 0.1) is 5.92 Å². The summed E-state index contributed by atoms with van der Waals surface area (Å²) in [6.45, 7) is 2.22. The summed E-state index contributed by atoms with van der Waals surface area (Å²) in [5, 5.41) is 11.9. The number of nitrogens with two attached hydrogens (primary N) is 1. The maximum atomic E-state index is 8.80. The second kappa shape index (κ2) is 4.65. The van der Waals surface area contributed by atoms with Gasteiger partial charge in [0.2, 0.25) is 0 Å². The molecule has 4 nitrogen and oxygen atoms in total. The summed E-state index contributed by atoms with van der Waals surface area (Å²) in [4.78, 5) is 2.21. The van der Waals surface area contributed by atoms with Crippen LogP contribution < -0.4 is 10.6 Å². The molecule has 0 aliphatic heterocycles. The lowest BCUT2D eigenvalue weighted by molar-refractivity contribution is 0.318. The van der Waals surface area contributed by atoms with Crippen LogP contribution in [-0.2, 0) is 0 Å². The summed E-state index contributed by atoms with van der Waals surface area (Å²) in [7, 11) is 2.06. The van der Waals surface area contributed by atoms with Crippen LogP contribution in [0.15, 0.2) is 29.4 Å². The molecule has 2 rings (SSSR count). The highest BCUT2D eigenvalue weighted by atomic mass is 16.4. The molecule has 1 unspecified atom stereocenters. The zero-order chi connectivity index (χ0) is 12.4. The molecule has 0 radical (unpaired) electrons. The molecule has 0 heterocycles. The first kappa shape index (κ1) is 11.8. The maximum absolute atomic E-state index is 8.80. The summed E-state index contributed by atoms with van der Waals surface area (Å²) < 4.78 is 0. The van der Waals surface area contributed by atoms with Crippen LogP contribution in [0.25, 0.3) is 0 Å². The Kier molecular flexibility index (Phi) is 3.22. The summed E-state index contributed by atoms with van der Waals surface area (Å²) >= 11 is 0. The number of benzene rings is 1. The molecular formula is C13H19N3O. The second-order valence-electron chi connectivity index (χ2n) is 4.69. The minimum Gasteiger partial charge on any atom is -0.409 e. The van der Waals surface area contributed by atoms with Gasteiger partial charge in [-0.15, -0.1) is 0 Å². The molecule has 0 bridgehead atoms. The lowest BCUT2D eigenvalue weighted by Gasteiger charge is -2.28. The van der Waals surface area contributed by atoms with E-state index in [9.17, 15) is 0 Å². The van der Waals surface area contributed by atoms with E-state index >= 15 is 0 Å². The van der Waals surface area contributed by atoms with E-state index in [1.807, 2.05) is 24.3 Å². The molecule has 3 N–H and O–H groups in total. The standard InChI is InChI=1S/C13H19N3O/c1-9(10-7-8-10)16(2)12-6-4-3-5-11(12)13(14)15-17/h3-6,9-10,17H,7-8H2,1-2H3,(H2,14,15). The highest BCUT2D eigenvalue weighted by Crippen LogP contribution is 2.36. The number of oxime groups is 1. The van der Waals surface area contributed by atoms with Gasteiger partial charge in [0.1, 0.15) is 0 Å². The highest BCUT2D eigenvalue weighted by molar-refractivity contribution is 6.02. The van der Waals surface area contributed by atoms with Crippen molar-refractivity contribution in [2.75, 3.05) is 11.9 Å². The Morgan fingerprint density at radius 1 is 1.47 bits per heavy atom. The molecule has 1 aromatic carbocycles. The zero-order valence-electron chi connectivity index (χ0n) is 10.3. The predicted molar refractivity (Wildman–Crippen MR) is 69.5 cm³/mol. The number of nitrogens with zero attached hydrogens (tertiary/aromatic N) is 2. The van der Waals surface area contributed by atoms with E-state index in [0.717, 1.165) is 17.2 Å². The number of hydrogen-bond donors (Lipinski definition) is 2. The molecule has 0 spiro atoms. The lowest BCUT2D eigenvalue weighted by Crippen LogP contribution is -2.32. The number of rotatable bonds is 4. The normalized spacial score (nSPS) is 17.9. The first-order valence-corrected chi connectivity index (χ1v) is 5.95. The van der Waals surface area contributed by atoms with E-state index in [-0.39, 0.29) is 5.84 Å². The van der Waals surface area contributed by atoms with Gasteiger partial charge in [0.05, 0.1) is 0 Å². The van der Waals surface area contributed by atoms with Gasteiger partial charge in [0, 0.05) is 24.3 Å². The molecule has 17 heavy (non-hydrogen) atoms. The van der Waals surface area contributed by atoms with Gasteiger partial charge in [-0.25, -0.2) is 0 Å². The SMILES string of the molecule is CC(C1CC1)N(C)c1ccccc1/C(N)=N/O. The van der Waals surface area contributed by atoms with Crippen molar-refractivity contribution in [2.24, 2.45) is 16.8 Å². The molecule has 1 saturated carbocycles. The Morgan fingerprint density at radius 3 is 2.71 bits per heavy atom. The zero-order valence-corrected chi connectivity index (χ0v) is 10.3. The van der Waals surface area contributed by atoms with Crippen molar-refractivity contribution in [3.05, 3.63) is 29.8 Å². The van der Waals surface area contributed by atoms with E-state index in [4.69, 9.17) is 10.9 Å². The van der Waals surface area contributed by atoms with Crippen LogP contribution in [0.2, 0.25) is 0 Å². The van der Waals surface area contributed by atoms with E-state index in [1.165, 1.54) is 12.8 Å². The van der Waals surface area contributed by atoms with Crippen LogP contribution in [-0.4, -0.2) is 24.1 Å². The fourth-order valence-electron chi connectivity index (χ4n) is 2.17. The minimum atomic E-state index is 0.162. The van der Waals surface area contributed by atoms with Crippen LogP contribution in [0.5, 0.6) is 0 Å². The van der Waals surface area contributed by atoms with Gasteiger partial charge in [-0.2, -0.15) is 0 Å². The lowest BCUT2D eigenvalue weighted by atomic mass is 10.1. The average molecular weight is 233 g/mol. The molecule has 0 aromatic heterocycles. The number of amidine groups is 1. The molecular weight excluding hydrogens is 214 g/mol. The van der Waals surface area contributed by atoms with Crippen LogP contribution in [0.3, 0.4) is 0 Å². The minimum absolute atomic E-state index is 0.162. The van der Waals surface area contributed by atoms with E-state index in [0.29, 0.717) is 6.04 Å². The molecule has 1 aromatic rings. The first-order valence-electron chi connectivity index (χ1n) is 5.95. The van der Waals surface area contributed by atoms with Gasteiger partial charge in [0.25, 0.3) is 0 Å². The molecule has 92 valence electrons. The van der Waals surface area contributed by atoms with Crippen molar-refractivity contribution in [3.8, 4) is 0 Å². The second-order valence-corrected chi connectivity index (χ2v) is 4.69. The Bertz CT molecular complexity index is 426. The predicted octanol–water partition coefficient (Wildman–Crippen LogP) is 2.02. The Balaban J connectivity index is 2.30.